The van der Waals surface area contributed by atoms with Crippen LogP contribution in [0.3, 0.4) is 0 Å². The molecule has 0 unspecified atom stereocenters. The van der Waals surface area contributed by atoms with Crippen LogP contribution in [0.2, 0.25) is 0 Å². The number of fused-ring (bicyclic) bond motifs is 2. The highest BCUT2D eigenvalue weighted by molar-refractivity contribution is 5.97. The topological polar surface area (TPSA) is 98.6 Å². The molecule has 2 amide bonds. The van der Waals surface area contributed by atoms with Crippen LogP contribution in [0.1, 0.15) is 44.9 Å². The van der Waals surface area contributed by atoms with E-state index in [0.29, 0.717) is 36.1 Å². The first kappa shape index (κ1) is 23.9. The van der Waals surface area contributed by atoms with E-state index in [-0.39, 0.29) is 23.0 Å². The lowest BCUT2D eigenvalue weighted by atomic mass is 9.97. The number of hydrogen-bond acceptors (Lipinski definition) is 6. The molecule has 4 heterocycles. The Hall–Kier alpha value is -3.83. The first-order valence-corrected chi connectivity index (χ1v) is 11.4. The molecule has 2 atom stereocenters. The molecule has 190 valence electrons. The van der Waals surface area contributed by atoms with Crippen molar-refractivity contribution < 1.29 is 32.2 Å². The third kappa shape index (κ3) is 4.31. The number of anilines is 1. The van der Waals surface area contributed by atoms with Crippen molar-refractivity contribution in [3.8, 4) is 11.3 Å². The van der Waals surface area contributed by atoms with Gasteiger partial charge in [0.15, 0.2) is 0 Å². The highest BCUT2D eigenvalue weighted by atomic mass is 19.4. The van der Waals surface area contributed by atoms with E-state index >= 15 is 0 Å². The zero-order valence-electron chi connectivity index (χ0n) is 19.8. The van der Waals surface area contributed by atoms with Crippen molar-refractivity contribution in [1.82, 2.24) is 19.7 Å². The number of carbonyl (C=O) groups is 2. The second-order valence-corrected chi connectivity index (χ2v) is 9.75. The second-order valence-electron chi connectivity index (χ2n) is 9.75. The van der Waals surface area contributed by atoms with Gasteiger partial charge in [0.25, 0.3) is 0 Å². The number of ether oxygens (including phenoxy) is 2. The second kappa shape index (κ2) is 8.38. The maximum atomic E-state index is 13.9. The Morgan fingerprint density at radius 2 is 1.94 bits per heavy atom. The van der Waals surface area contributed by atoms with Crippen LogP contribution in [0.4, 0.5) is 28.6 Å². The fourth-order valence-corrected chi connectivity index (χ4v) is 4.57. The van der Waals surface area contributed by atoms with Crippen LogP contribution >= 0.6 is 0 Å². The number of alkyl halides is 3. The van der Waals surface area contributed by atoms with Crippen molar-refractivity contribution in [2.45, 2.75) is 51.1 Å². The van der Waals surface area contributed by atoms with E-state index in [1.807, 2.05) is 12.1 Å². The molecule has 1 fully saturated rings. The Labute approximate surface area is 204 Å². The van der Waals surface area contributed by atoms with E-state index in [9.17, 15) is 22.8 Å². The van der Waals surface area contributed by atoms with Crippen molar-refractivity contribution >= 4 is 28.9 Å². The molecule has 3 aromatic rings. The summed E-state index contributed by atoms with van der Waals surface area (Å²) in [6, 6.07) is 8.41. The maximum Gasteiger partial charge on any atom is 0.430 e. The molecule has 1 N–H and O–H groups in total. The van der Waals surface area contributed by atoms with Crippen molar-refractivity contribution in [3.05, 3.63) is 42.1 Å². The third-order valence-electron chi connectivity index (χ3n) is 6.02. The Balaban J connectivity index is 1.57. The number of likely N-dealkylation sites (tertiary alicyclic amines) is 1. The van der Waals surface area contributed by atoms with Crippen LogP contribution in [0.25, 0.3) is 22.2 Å². The summed E-state index contributed by atoms with van der Waals surface area (Å²) in [5, 5.41) is 7.61. The van der Waals surface area contributed by atoms with Gasteiger partial charge in [0, 0.05) is 30.2 Å². The number of benzene rings is 1. The number of rotatable bonds is 2. The lowest BCUT2D eigenvalue weighted by Crippen LogP contribution is -2.35. The molecule has 0 bridgehead atoms. The lowest BCUT2D eigenvalue weighted by Gasteiger charge is -2.28. The van der Waals surface area contributed by atoms with Crippen molar-refractivity contribution in [2.24, 2.45) is 0 Å². The van der Waals surface area contributed by atoms with Gasteiger partial charge in [-0.05, 0) is 39.3 Å². The van der Waals surface area contributed by atoms with Gasteiger partial charge >= 0.3 is 18.4 Å². The van der Waals surface area contributed by atoms with Crippen LogP contribution in [0.15, 0.2) is 36.5 Å². The van der Waals surface area contributed by atoms with E-state index < -0.39 is 30.1 Å². The number of carbonyl (C=O) groups excluding carboxylic acids is 2. The minimum Gasteiger partial charge on any atom is -0.444 e. The molecule has 2 aliphatic rings. The zero-order valence-corrected chi connectivity index (χ0v) is 19.8. The highest BCUT2D eigenvalue weighted by Crippen LogP contribution is 2.46. The smallest absolute Gasteiger partial charge is 0.430 e. The number of cyclic esters (lactones) is 1. The molecule has 2 aliphatic heterocycles. The molecule has 0 spiro atoms. The molecule has 0 aliphatic carbocycles. The Morgan fingerprint density at radius 1 is 1.19 bits per heavy atom. The van der Waals surface area contributed by atoms with Crippen molar-refractivity contribution in [3.63, 3.8) is 0 Å². The Morgan fingerprint density at radius 3 is 2.67 bits per heavy atom. The summed E-state index contributed by atoms with van der Waals surface area (Å²) < 4.78 is 53.5. The monoisotopic (exact) mass is 503 g/mol. The summed E-state index contributed by atoms with van der Waals surface area (Å²) in [5.41, 5.74) is 0.224. The van der Waals surface area contributed by atoms with E-state index in [2.05, 4.69) is 15.0 Å². The normalized spacial score (nSPS) is 20.2. The van der Waals surface area contributed by atoms with Crippen LogP contribution in [0.5, 0.6) is 0 Å². The third-order valence-corrected chi connectivity index (χ3v) is 6.02. The minimum absolute atomic E-state index is 0.152. The molecule has 0 saturated carbocycles. The van der Waals surface area contributed by atoms with Gasteiger partial charge in [0.1, 0.15) is 17.1 Å². The molecule has 1 aromatic carbocycles. The molecule has 9 nitrogen and oxygen atoms in total. The van der Waals surface area contributed by atoms with E-state index in [0.717, 1.165) is 0 Å². The summed E-state index contributed by atoms with van der Waals surface area (Å²) in [6.45, 7) is 6.19. The highest BCUT2D eigenvalue weighted by Gasteiger charge is 2.49. The van der Waals surface area contributed by atoms with Gasteiger partial charge in [-0.2, -0.15) is 18.3 Å². The molecule has 5 rings (SSSR count). The van der Waals surface area contributed by atoms with Gasteiger partial charge in [-0.3, -0.25) is 10.00 Å². The number of nitrogens with zero attached hydrogens (tertiary/aromatic N) is 4. The SMILES string of the molecule is CC(C)(C)OC(=O)N1CC[C@@H](n2nc(-c3ccnc4c3[C@H](C(F)(F)F)OC(=O)N4)c3ccccc32)C1. The number of para-hydroxylation sites is 1. The lowest BCUT2D eigenvalue weighted by molar-refractivity contribution is -0.206. The zero-order chi connectivity index (χ0) is 25.8. The van der Waals surface area contributed by atoms with Crippen LogP contribution in [0, 0.1) is 0 Å². The predicted octanol–water partition coefficient (Wildman–Crippen LogP) is 5.45. The van der Waals surface area contributed by atoms with Gasteiger partial charge in [0.05, 0.1) is 17.1 Å². The quantitative estimate of drug-likeness (QED) is 0.500. The average molecular weight is 503 g/mol. The number of hydrogen-bond donors (Lipinski definition) is 1. The first-order valence-electron chi connectivity index (χ1n) is 11.4. The van der Waals surface area contributed by atoms with Gasteiger partial charge in [0.2, 0.25) is 6.10 Å². The van der Waals surface area contributed by atoms with Crippen molar-refractivity contribution in [1.29, 1.82) is 0 Å². The summed E-state index contributed by atoms with van der Waals surface area (Å²) in [4.78, 5) is 29.9. The Bertz CT molecular complexity index is 1350. The van der Waals surface area contributed by atoms with Crippen LogP contribution < -0.4 is 5.32 Å². The number of nitrogens with one attached hydrogen (secondary N) is 1. The number of pyridine rings is 1. The van der Waals surface area contributed by atoms with E-state index in [1.54, 1.807) is 42.5 Å². The first-order chi connectivity index (χ1) is 16.9. The summed E-state index contributed by atoms with van der Waals surface area (Å²) in [6.07, 6.45) is -7.06. The van der Waals surface area contributed by atoms with Crippen LogP contribution in [-0.2, 0) is 9.47 Å². The summed E-state index contributed by atoms with van der Waals surface area (Å²) in [5.74, 6) is -0.221. The largest absolute Gasteiger partial charge is 0.444 e. The minimum atomic E-state index is -4.85. The van der Waals surface area contributed by atoms with Gasteiger partial charge < -0.3 is 14.4 Å². The van der Waals surface area contributed by atoms with Crippen molar-refractivity contribution in [2.75, 3.05) is 18.4 Å². The standard InChI is InChI=1S/C24H24F3N5O4/c1-23(2,3)36-22(34)31-11-9-13(12-31)32-16-7-5-4-6-14(16)18(30-32)15-8-10-28-20-17(15)19(24(25,26)27)35-21(33)29-20/h4-8,10,13,19H,9,11-12H2,1-3H3,(H,28,29,33)/t13-,19-/m1/s1. The number of aromatic nitrogens is 3. The summed E-state index contributed by atoms with van der Waals surface area (Å²) in [7, 11) is 0. The van der Waals surface area contributed by atoms with Gasteiger partial charge in [-0.1, -0.05) is 18.2 Å². The van der Waals surface area contributed by atoms with Gasteiger partial charge in [-0.15, -0.1) is 0 Å². The Kier molecular flexibility index (Phi) is 5.56. The van der Waals surface area contributed by atoms with E-state index in [4.69, 9.17) is 9.84 Å². The fourth-order valence-electron chi connectivity index (χ4n) is 4.57. The fraction of sp³-hybridized carbons (Fsp3) is 0.417. The van der Waals surface area contributed by atoms with Crippen LogP contribution in [-0.4, -0.2) is 56.7 Å². The van der Waals surface area contributed by atoms with Gasteiger partial charge in [-0.25, -0.2) is 14.6 Å². The molecule has 0 radical (unpaired) electrons. The molecular weight excluding hydrogens is 479 g/mol. The van der Waals surface area contributed by atoms with E-state index in [1.165, 1.54) is 12.3 Å². The molecule has 2 aromatic heterocycles. The molecule has 36 heavy (non-hydrogen) atoms. The maximum absolute atomic E-state index is 13.9. The predicted molar refractivity (Wildman–Crippen MR) is 123 cm³/mol. The molecular formula is C24H24F3N5O4. The molecule has 12 heteroatoms. The molecule has 1 saturated heterocycles. The number of amides is 2. The number of halogens is 3. The average Bonchev–Trinajstić information content (AvgIpc) is 3.41. The summed E-state index contributed by atoms with van der Waals surface area (Å²) >= 11 is 0.